The fourth-order valence-electron chi connectivity index (χ4n) is 6.88. The van der Waals surface area contributed by atoms with E-state index in [1.807, 2.05) is 0 Å². The zero-order valence-corrected chi connectivity index (χ0v) is 14.5. The zero-order valence-electron chi connectivity index (χ0n) is 14.5. The highest BCUT2D eigenvalue weighted by Crippen LogP contribution is 2.66. The summed E-state index contributed by atoms with van der Waals surface area (Å²) in [6.07, 6.45) is 2.94. The molecule has 1 nitrogen and oxygen atoms in total. The van der Waals surface area contributed by atoms with Crippen LogP contribution in [0.5, 0.6) is 0 Å². The molecule has 2 atom stereocenters. The summed E-state index contributed by atoms with van der Waals surface area (Å²) in [5, 5.41) is 3.61. The molecule has 5 rings (SSSR count). The molecule has 24 heavy (non-hydrogen) atoms. The van der Waals surface area contributed by atoms with Gasteiger partial charge < -0.3 is 5.32 Å². The Morgan fingerprint density at radius 1 is 1.00 bits per heavy atom. The van der Waals surface area contributed by atoms with Crippen molar-refractivity contribution in [3.63, 3.8) is 0 Å². The van der Waals surface area contributed by atoms with Crippen LogP contribution >= 0.6 is 0 Å². The highest BCUT2D eigenvalue weighted by molar-refractivity contribution is 5.30. The summed E-state index contributed by atoms with van der Waals surface area (Å²) in [6, 6.07) is 5.98. The van der Waals surface area contributed by atoms with E-state index in [0.717, 1.165) is 25.2 Å². The summed E-state index contributed by atoms with van der Waals surface area (Å²) in [6.45, 7) is 5.08. The quantitative estimate of drug-likeness (QED) is 0.763. The SMILES string of the molecule is CC12CC3CC(C)(C1)CC(NCc1ccccc1C(F)(F)F)(C3)C2. The van der Waals surface area contributed by atoms with Gasteiger partial charge in [-0.15, -0.1) is 0 Å². The predicted molar refractivity (Wildman–Crippen MR) is 88.4 cm³/mol. The average Bonchev–Trinajstić information content (AvgIpc) is 2.40. The first-order valence-corrected chi connectivity index (χ1v) is 9.01. The second-order valence-electron chi connectivity index (χ2n) is 9.42. The Kier molecular flexibility index (Phi) is 3.42. The van der Waals surface area contributed by atoms with E-state index in [9.17, 15) is 13.2 Å². The van der Waals surface area contributed by atoms with Crippen molar-refractivity contribution in [1.82, 2.24) is 5.32 Å². The number of rotatable bonds is 3. The highest BCUT2D eigenvalue weighted by Gasteiger charge is 2.59. The third kappa shape index (κ3) is 2.77. The molecule has 0 aromatic heterocycles. The van der Waals surface area contributed by atoms with Gasteiger partial charge in [0.1, 0.15) is 0 Å². The molecule has 132 valence electrons. The van der Waals surface area contributed by atoms with Gasteiger partial charge in [-0.1, -0.05) is 32.0 Å². The smallest absolute Gasteiger partial charge is 0.307 e. The Bertz CT molecular complexity index is 633. The van der Waals surface area contributed by atoms with E-state index in [1.54, 1.807) is 12.1 Å². The molecule has 4 saturated carbocycles. The Hall–Kier alpha value is -1.03. The maximum absolute atomic E-state index is 13.2. The van der Waals surface area contributed by atoms with Crippen molar-refractivity contribution in [1.29, 1.82) is 0 Å². The first kappa shape index (κ1) is 16.4. The fourth-order valence-corrected chi connectivity index (χ4v) is 6.88. The Morgan fingerprint density at radius 2 is 1.62 bits per heavy atom. The van der Waals surface area contributed by atoms with E-state index >= 15 is 0 Å². The van der Waals surface area contributed by atoms with E-state index < -0.39 is 11.7 Å². The van der Waals surface area contributed by atoms with Crippen molar-refractivity contribution in [2.45, 2.75) is 70.6 Å². The number of alkyl halides is 3. The van der Waals surface area contributed by atoms with Crippen LogP contribution in [0.25, 0.3) is 0 Å². The summed E-state index contributed by atoms with van der Waals surface area (Å²) < 4.78 is 39.7. The number of hydrogen-bond donors (Lipinski definition) is 1. The normalized spacial score (nSPS) is 41.0. The molecule has 0 amide bonds. The zero-order chi connectivity index (χ0) is 17.2. The maximum Gasteiger partial charge on any atom is 0.416 e. The number of halogens is 3. The largest absolute Gasteiger partial charge is 0.416 e. The highest BCUT2D eigenvalue weighted by atomic mass is 19.4. The second kappa shape index (κ2) is 5.00. The molecule has 2 unspecified atom stereocenters. The Labute approximate surface area is 142 Å². The van der Waals surface area contributed by atoms with Crippen molar-refractivity contribution in [3.8, 4) is 0 Å². The van der Waals surface area contributed by atoms with Gasteiger partial charge in [0.05, 0.1) is 5.56 Å². The molecular formula is C20H26F3N. The van der Waals surface area contributed by atoms with Gasteiger partial charge >= 0.3 is 6.18 Å². The summed E-state index contributed by atoms with van der Waals surface area (Å²) >= 11 is 0. The Morgan fingerprint density at radius 3 is 2.21 bits per heavy atom. The minimum Gasteiger partial charge on any atom is -0.307 e. The molecule has 0 saturated heterocycles. The molecule has 4 fully saturated rings. The van der Waals surface area contributed by atoms with Crippen LogP contribution < -0.4 is 5.32 Å². The molecule has 0 heterocycles. The lowest BCUT2D eigenvalue weighted by Gasteiger charge is -2.65. The first-order chi connectivity index (χ1) is 11.1. The van der Waals surface area contributed by atoms with Crippen LogP contribution in [0.2, 0.25) is 0 Å². The fraction of sp³-hybridized carbons (Fsp3) is 0.700. The average molecular weight is 337 g/mol. The van der Waals surface area contributed by atoms with Crippen LogP contribution in [-0.4, -0.2) is 5.54 Å². The number of nitrogens with one attached hydrogen (secondary N) is 1. The summed E-state index contributed by atoms with van der Waals surface area (Å²) in [5.74, 6) is 0.738. The second-order valence-corrected chi connectivity index (χ2v) is 9.42. The van der Waals surface area contributed by atoms with Crippen molar-refractivity contribution < 1.29 is 13.2 Å². The minimum atomic E-state index is -4.28. The van der Waals surface area contributed by atoms with Gasteiger partial charge in [-0.25, -0.2) is 0 Å². The van der Waals surface area contributed by atoms with Gasteiger partial charge in [0.2, 0.25) is 0 Å². The number of hydrogen-bond acceptors (Lipinski definition) is 1. The molecular weight excluding hydrogens is 311 g/mol. The molecule has 0 spiro atoms. The van der Waals surface area contributed by atoms with E-state index in [0.29, 0.717) is 22.9 Å². The van der Waals surface area contributed by atoms with Crippen molar-refractivity contribution in [2.24, 2.45) is 16.7 Å². The van der Waals surface area contributed by atoms with E-state index in [-0.39, 0.29) is 5.54 Å². The standard InChI is InChI=1S/C20H26F3N/c1-17-7-14-8-18(2,11-17)13-19(9-14,12-17)24-10-15-5-3-4-6-16(15)20(21,22)23/h3-6,14,24H,7-13H2,1-2H3. The van der Waals surface area contributed by atoms with Gasteiger partial charge in [-0.05, 0) is 66.9 Å². The molecule has 1 aromatic carbocycles. The van der Waals surface area contributed by atoms with Gasteiger partial charge in [0, 0.05) is 12.1 Å². The molecule has 4 bridgehead atoms. The molecule has 1 aromatic rings. The molecule has 4 aliphatic carbocycles. The van der Waals surface area contributed by atoms with Gasteiger partial charge in [0.15, 0.2) is 0 Å². The van der Waals surface area contributed by atoms with E-state index in [2.05, 4.69) is 19.2 Å². The topological polar surface area (TPSA) is 12.0 Å². The third-order valence-corrected chi connectivity index (χ3v) is 6.60. The van der Waals surface area contributed by atoms with E-state index in [4.69, 9.17) is 0 Å². The molecule has 1 N–H and O–H groups in total. The van der Waals surface area contributed by atoms with Crippen LogP contribution in [0, 0.1) is 16.7 Å². The Balaban J connectivity index is 1.57. The van der Waals surface area contributed by atoms with E-state index in [1.165, 1.54) is 31.4 Å². The summed E-state index contributed by atoms with van der Waals surface area (Å²) in [5.41, 5.74) is 0.632. The predicted octanol–water partition coefficient (Wildman–Crippen LogP) is 5.54. The lowest BCUT2D eigenvalue weighted by molar-refractivity contribution is -0.139. The first-order valence-electron chi connectivity index (χ1n) is 9.01. The van der Waals surface area contributed by atoms with Gasteiger partial charge in [-0.3, -0.25) is 0 Å². The van der Waals surface area contributed by atoms with Crippen molar-refractivity contribution in [2.75, 3.05) is 0 Å². The molecule has 0 radical (unpaired) electrons. The van der Waals surface area contributed by atoms with Gasteiger partial charge in [-0.2, -0.15) is 13.2 Å². The lowest BCUT2D eigenvalue weighted by atomic mass is 9.43. The van der Waals surface area contributed by atoms with Crippen LogP contribution in [0.15, 0.2) is 24.3 Å². The minimum absolute atomic E-state index is 0.0294. The molecule has 4 heteroatoms. The molecule has 0 aliphatic heterocycles. The summed E-state index contributed by atoms with van der Waals surface area (Å²) in [7, 11) is 0. The van der Waals surface area contributed by atoms with Crippen LogP contribution in [0.3, 0.4) is 0 Å². The van der Waals surface area contributed by atoms with Crippen LogP contribution in [0.4, 0.5) is 13.2 Å². The summed E-state index contributed by atoms with van der Waals surface area (Å²) in [4.78, 5) is 0. The lowest BCUT2D eigenvalue weighted by Crippen LogP contribution is -2.63. The van der Waals surface area contributed by atoms with Crippen molar-refractivity contribution >= 4 is 0 Å². The van der Waals surface area contributed by atoms with Crippen LogP contribution in [-0.2, 0) is 12.7 Å². The monoisotopic (exact) mass is 337 g/mol. The van der Waals surface area contributed by atoms with Gasteiger partial charge in [0.25, 0.3) is 0 Å². The third-order valence-electron chi connectivity index (χ3n) is 6.60. The van der Waals surface area contributed by atoms with Crippen LogP contribution in [0.1, 0.15) is 63.5 Å². The molecule has 4 aliphatic rings. The number of benzene rings is 1. The van der Waals surface area contributed by atoms with Crippen molar-refractivity contribution in [3.05, 3.63) is 35.4 Å². The maximum atomic E-state index is 13.2.